The summed E-state index contributed by atoms with van der Waals surface area (Å²) < 4.78 is 13.1. The van der Waals surface area contributed by atoms with Crippen molar-refractivity contribution in [1.82, 2.24) is 19.9 Å². The molecule has 0 aromatic carbocycles. The van der Waals surface area contributed by atoms with Crippen LogP contribution in [0.2, 0.25) is 10.3 Å². The monoisotopic (exact) mass is 258 g/mol. The van der Waals surface area contributed by atoms with Crippen LogP contribution in [0.4, 0.5) is 4.39 Å². The molecule has 0 radical (unpaired) electrons. The van der Waals surface area contributed by atoms with E-state index in [4.69, 9.17) is 23.2 Å². The summed E-state index contributed by atoms with van der Waals surface area (Å²) in [5.74, 6) is -0.509. The van der Waals surface area contributed by atoms with Crippen LogP contribution in [0.15, 0.2) is 12.4 Å². The first-order chi connectivity index (χ1) is 7.58. The van der Waals surface area contributed by atoms with E-state index in [0.717, 1.165) is 5.56 Å². The van der Waals surface area contributed by atoms with E-state index in [1.807, 2.05) is 6.92 Å². The van der Waals surface area contributed by atoms with E-state index in [-0.39, 0.29) is 22.0 Å². The van der Waals surface area contributed by atoms with E-state index >= 15 is 0 Å². The summed E-state index contributed by atoms with van der Waals surface area (Å²) in [5.41, 5.74) is 0.892. The van der Waals surface area contributed by atoms with Crippen LogP contribution in [0.1, 0.15) is 5.56 Å². The lowest BCUT2D eigenvalue weighted by molar-refractivity contribution is 0.615. The maximum atomic E-state index is 13.1. The van der Waals surface area contributed by atoms with Gasteiger partial charge in [-0.2, -0.15) is 0 Å². The topological polar surface area (TPSA) is 51.6 Å². The lowest BCUT2D eigenvalue weighted by Gasteiger charge is -2.01. The van der Waals surface area contributed by atoms with Crippen LogP contribution >= 0.6 is 23.2 Å². The standard InChI is InChI=1S/C9H5Cl2FN4/c1-4-2-13-8(14-3-4)9-15-6(10)5(12)7(11)16-9/h2-3H,1H3. The van der Waals surface area contributed by atoms with Crippen LogP contribution < -0.4 is 0 Å². The minimum absolute atomic E-state index is 0.0939. The highest BCUT2D eigenvalue weighted by Gasteiger charge is 2.13. The molecule has 0 aliphatic heterocycles. The van der Waals surface area contributed by atoms with E-state index in [0.29, 0.717) is 0 Å². The van der Waals surface area contributed by atoms with Crippen molar-refractivity contribution in [2.24, 2.45) is 0 Å². The fraction of sp³-hybridized carbons (Fsp3) is 0.111. The Morgan fingerprint density at radius 2 is 1.50 bits per heavy atom. The van der Waals surface area contributed by atoms with Crippen molar-refractivity contribution < 1.29 is 4.39 Å². The Morgan fingerprint density at radius 1 is 1.00 bits per heavy atom. The van der Waals surface area contributed by atoms with E-state index in [9.17, 15) is 4.39 Å². The van der Waals surface area contributed by atoms with Gasteiger partial charge in [0.25, 0.3) is 0 Å². The Bertz CT molecular complexity index is 507. The SMILES string of the molecule is Cc1cnc(-c2nc(Cl)c(F)c(Cl)n2)nc1. The lowest BCUT2D eigenvalue weighted by Crippen LogP contribution is -1.98. The summed E-state index contributed by atoms with van der Waals surface area (Å²) in [4.78, 5) is 15.4. The number of hydrogen-bond acceptors (Lipinski definition) is 4. The van der Waals surface area contributed by atoms with Crippen molar-refractivity contribution in [3.05, 3.63) is 34.1 Å². The highest BCUT2D eigenvalue weighted by molar-refractivity contribution is 6.33. The lowest BCUT2D eigenvalue weighted by atomic mass is 10.4. The smallest absolute Gasteiger partial charge is 0.200 e. The molecule has 0 amide bonds. The van der Waals surface area contributed by atoms with E-state index < -0.39 is 5.82 Å². The van der Waals surface area contributed by atoms with Gasteiger partial charge in [0.15, 0.2) is 21.9 Å². The molecule has 0 N–H and O–H groups in total. The Balaban J connectivity index is 2.52. The fourth-order valence-corrected chi connectivity index (χ4v) is 1.39. The van der Waals surface area contributed by atoms with Gasteiger partial charge in [0.1, 0.15) is 0 Å². The second-order valence-corrected chi connectivity index (χ2v) is 3.74. The fourth-order valence-electron chi connectivity index (χ4n) is 1.00. The molecule has 0 aliphatic carbocycles. The van der Waals surface area contributed by atoms with Crippen molar-refractivity contribution in [1.29, 1.82) is 0 Å². The van der Waals surface area contributed by atoms with Crippen LogP contribution in [0, 0.1) is 12.7 Å². The first-order valence-corrected chi connectivity index (χ1v) is 5.01. The van der Waals surface area contributed by atoms with Crippen molar-refractivity contribution >= 4 is 23.2 Å². The van der Waals surface area contributed by atoms with Gasteiger partial charge in [-0.05, 0) is 12.5 Å². The number of halogens is 3. The zero-order valence-corrected chi connectivity index (χ0v) is 9.59. The van der Waals surface area contributed by atoms with Gasteiger partial charge in [-0.3, -0.25) is 0 Å². The molecule has 0 spiro atoms. The third-order valence-electron chi connectivity index (χ3n) is 1.75. The zero-order valence-electron chi connectivity index (χ0n) is 8.08. The Kier molecular flexibility index (Phi) is 2.98. The van der Waals surface area contributed by atoms with Gasteiger partial charge in [0, 0.05) is 12.4 Å². The van der Waals surface area contributed by atoms with Crippen LogP contribution in [0.5, 0.6) is 0 Å². The molecule has 2 rings (SSSR count). The Morgan fingerprint density at radius 3 is 2.00 bits per heavy atom. The van der Waals surface area contributed by atoms with Gasteiger partial charge < -0.3 is 0 Å². The second kappa shape index (κ2) is 4.27. The van der Waals surface area contributed by atoms with Crippen molar-refractivity contribution in [3.63, 3.8) is 0 Å². The number of aromatic nitrogens is 4. The average Bonchev–Trinajstić information content (AvgIpc) is 2.26. The van der Waals surface area contributed by atoms with Gasteiger partial charge in [0.05, 0.1) is 0 Å². The van der Waals surface area contributed by atoms with E-state index in [2.05, 4.69) is 19.9 Å². The molecule has 16 heavy (non-hydrogen) atoms. The van der Waals surface area contributed by atoms with Crippen LogP contribution in [-0.4, -0.2) is 19.9 Å². The van der Waals surface area contributed by atoms with Gasteiger partial charge in [-0.25, -0.2) is 24.3 Å². The maximum absolute atomic E-state index is 13.1. The molecular weight excluding hydrogens is 254 g/mol. The second-order valence-electron chi connectivity index (χ2n) is 3.03. The number of rotatable bonds is 1. The van der Waals surface area contributed by atoms with E-state index in [1.54, 1.807) is 12.4 Å². The van der Waals surface area contributed by atoms with E-state index in [1.165, 1.54) is 0 Å². The molecule has 82 valence electrons. The maximum Gasteiger partial charge on any atom is 0.200 e. The molecule has 0 unspecified atom stereocenters. The van der Waals surface area contributed by atoms with Crippen molar-refractivity contribution in [2.75, 3.05) is 0 Å². The van der Waals surface area contributed by atoms with Gasteiger partial charge >= 0.3 is 0 Å². The summed E-state index contributed by atoms with van der Waals surface area (Å²) >= 11 is 11.1. The van der Waals surface area contributed by atoms with Crippen LogP contribution in [0.3, 0.4) is 0 Å². The van der Waals surface area contributed by atoms with Gasteiger partial charge in [0.2, 0.25) is 5.82 Å². The molecular formula is C9H5Cl2FN4. The minimum Gasteiger partial charge on any atom is -0.234 e. The average molecular weight is 259 g/mol. The van der Waals surface area contributed by atoms with Crippen molar-refractivity contribution in [3.8, 4) is 11.6 Å². The molecule has 0 fully saturated rings. The Labute approximate surface area is 101 Å². The zero-order chi connectivity index (χ0) is 11.7. The molecule has 0 aliphatic rings. The molecule has 0 atom stereocenters. The molecule has 0 saturated carbocycles. The third-order valence-corrected chi connectivity index (χ3v) is 2.25. The number of nitrogens with zero attached hydrogens (tertiary/aromatic N) is 4. The normalized spacial score (nSPS) is 10.5. The first-order valence-electron chi connectivity index (χ1n) is 4.25. The summed E-state index contributed by atoms with van der Waals surface area (Å²) in [6, 6.07) is 0. The van der Waals surface area contributed by atoms with Crippen molar-refractivity contribution in [2.45, 2.75) is 6.92 Å². The van der Waals surface area contributed by atoms with Crippen LogP contribution in [0.25, 0.3) is 11.6 Å². The third kappa shape index (κ3) is 2.10. The molecule has 2 heterocycles. The number of hydrogen-bond donors (Lipinski definition) is 0. The predicted octanol–water partition coefficient (Wildman–Crippen LogP) is 2.69. The first kappa shape index (κ1) is 11.2. The largest absolute Gasteiger partial charge is 0.234 e. The highest BCUT2D eigenvalue weighted by atomic mass is 35.5. The predicted molar refractivity (Wildman–Crippen MR) is 57.8 cm³/mol. The molecule has 2 aromatic rings. The number of aryl methyl sites for hydroxylation is 1. The van der Waals surface area contributed by atoms with Gasteiger partial charge in [-0.15, -0.1) is 0 Å². The molecule has 2 aromatic heterocycles. The molecule has 7 heteroatoms. The van der Waals surface area contributed by atoms with Crippen LogP contribution in [-0.2, 0) is 0 Å². The molecule has 4 nitrogen and oxygen atoms in total. The molecule has 0 bridgehead atoms. The summed E-state index contributed by atoms with van der Waals surface area (Å²) in [5, 5.41) is -0.696. The highest BCUT2D eigenvalue weighted by Crippen LogP contribution is 2.21. The molecule has 0 saturated heterocycles. The Hall–Kier alpha value is -1.33. The quantitative estimate of drug-likeness (QED) is 0.739. The minimum atomic E-state index is -0.848. The van der Waals surface area contributed by atoms with Gasteiger partial charge in [-0.1, -0.05) is 23.2 Å². The summed E-state index contributed by atoms with van der Waals surface area (Å²) in [7, 11) is 0. The summed E-state index contributed by atoms with van der Waals surface area (Å²) in [6.07, 6.45) is 3.19. The summed E-state index contributed by atoms with van der Waals surface area (Å²) in [6.45, 7) is 1.84.